The maximum absolute atomic E-state index is 12.7. The van der Waals surface area contributed by atoms with Crippen molar-refractivity contribution in [3.8, 4) is 5.75 Å². The van der Waals surface area contributed by atoms with Crippen LogP contribution in [0.25, 0.3) is 11.0 Å². The summed E-state index contributed by atoms with van der Waals surface area (Å²) in [5.74, 6) is 0.0253. The molecule has 2 aromatic heterocycles. The highest BCUT2D eigenvalue weighted by molar-refractivity contribution is 6.11. The number of aryl methyl sites for hydroxylation is 1. The van der Waals surface area contributed by atoms with Crippen LogP contribution in [0.1, 0.15) is 46.9 Å². The topological polar surface area (TPSA) is 78.9 Å². The van der Waals surface area contributed by atoms with Gasteiger partial charge in [0.25, 0.3) is 0 Å². The summed E-state index contributed by atoms with van der Waals surface area (Å²) in [7, 11) is 0. The molecule has 0 aliphatic heterocycles. The summed E-state index contributed by atoms with van der Waals surface area (Å²) in [6, 6.07) is 6.90. The lowest BCUT2D eigenvalue weighted by Crippen LogP contribution is -2.04. The number of nitrogens with one attached hydrogen (secondary N) is 1. The third-order valence-electron chi connectivity index (χ3n) is 3.79. The van der Waals surface area contributed by atoms with E-state index in [4.69, 9.17) is 0 Å². The second-order valence-corrected chi connectivity index (χ2v) is 5.70. The zero-order valence-corrected chi connectivity index (χ0v) is 12.7. The fourth-order valence-electron chi connectivity index (χ4n) is 2.39. The van der Waals surface area contributed by atoms with E-state index in [1.807, 2.05) is 26.8 Å². The van der Waals surface area contributed by atoms with Gasteiger partial charge in [-0.2, -0.15) is 5.10 Å². The normalized spacial score (nSPS) is 11.3. The fourth-order valence-corrected chi connectivity index (χ4v) is 2.39. The van der Waals surface area contributed by atoms with Crippen molar-refractivity contribution in [3.05, 3.63) is 52.8 Å². The third kappa shape index (κ3) is 2.35. The maximum atomic E-state index is 12.7. The number of H-pyrrole nitrogens is 1. The average Bonchev–Trinajstić information content (AvgIpc) is 2.88. The number of pyridine rings is 1. The summed E-state index contributed by atoms with van der Waals surface area (Å²) in [6.07, 6.45) is 1.49. The predicted molar refractivity (Wildman–Crippen MR) is 84.3 cm³/mol. The third-order valence-corrected chi connectivity index (χ3v) is 3.79. The van der Waals surface area contributed by atoms with Crippen LogP contribution in [0.15, 0.2) is 30.5 Å². The van der Waals surface area contributed by atoms with Crippen LogP contribution in [-0.2, 0) is 0 Å². The Bertz CT molecular complexity index is 865. The highest BCUT2D eigenvalue weighted by Crippen LogP contribution is 2.26. The van der Waals surface area contributed by atoms with Crippen molar-refractivity contribution >= 4 is 16.8 Å². The average molecular weight is 295 g/mol. The van der Waals surface area contributed by atoms with E-state index in [1.54, 1.807) is 18.2 Å². The van der Waals surface area contributed by atoms with Crippen molar-refractivity contribution in [1.29, 1.82) is 0 Å². The van der Waals surface area contributed by atoms with E-state index in [-0.39, 0.29) is 17.5 Å². The van der Waals surface area contributed by atoms with Gasteiger partial charge in [0, 0.05) is 22.8 Å². The Balaban J connectivity index is 2.08. The van der Waals surface area contributed by atoms with Gasteiger partial charge in [0.2, 0.25) is 0 Å². The number of phenols is 1. The van der Waals surface area contributed by atoms with Crippen LogP contribution in [-0.4, -0.2) is 26.1 Å². The molecule has 0 spiro atoms. The molecule has 0 atom stereocenters. The lowest BCUT2D eigenvalue weighted by molar-refractivity contribution is 0.103. The first-order chi connectivity index (χ1) is 10.5. The van der Waals surface area contributed by atoms with Crippen LogP contribution in [0, 0.1) is 6.92 Å². The molecule has 0 radical (unpaired) electrons. The van der Waals surface area contributed by atoms with E-state index >= 15 is 0 Å². The zero-order chi connectivity index (χ0) is 15.9. The van der Waals surface area contributed by atoms with Crippen molar-refractivity contribution < 1.29 is 9.90 Å². The van der Waals surface area contributed by atoms with Gasteiger partial charge in [-0.15, -0.1) is 0 Å². The van der Waals surface area contributed by atoms with Crippen LogP contribution in [0.5, 0.6) is 5.75 Å². The summed E-state index contributed by atoms with van der Waals surface area (Å²) in [5.41, 5.74) is 3.18. The van der Waals surface area contributed by atoms with Crippen LogP contribution >= 0.6 is 0 Å². The largest absolute Gasteiger partial charge is 0.507 e. The lowest BCUT2D eigenvalue weighted by Gasteiger charge is -2.09. The Morgan fingerprint density at radius 3 is 2.77 bits per heavy atom. The smallest absolute Gasteiger partial charge is 0.198 e. The molecule has 5 heteroatoms. The molecule has 0 saturated heterocycles. The van der Waals surface area contributed by atoms with Gasteiger partial charge in [-0.1, -0.05) is 19.9 Å². The molecule has 0 fully saturated rings. The number of carbonyl (C=O) groups excluding carboxylic acids is 1. The van der Waals surface area contributed by atoms with E-state index in [9.17, 15) is 9.90 Å². The monoisotopic (exact) mass is 295 g/mol. The molecule has 0 unspecified atom stereocenters. The highest BCUT2D eigenvalue weighted by Gasteiger charge is 2.17. The minimum absolute atomic E-state index is 0.0154. The summed E-state index contributed by atoms with van der Waals surface area (Å²) in [5, 5.41) is 17.7. The minimum atomic E-state index is -0.241. The number of nitrogens with zero attached hydrogens (tertiary/aromatic N) is 2. The molecule has 22 heavy (non-hydrogen) atoms. The van der Waals surface area contributed by atoms with Crippen molar-refractivity contribution in [2.45, 2.75) is 26.7 Å². The van der Waals surface area contributed by atoms with E-state index in [1.165, 1.54) is 6.20 Å². The number of ketones is 1. The number of phenolic OH excluding ortho intramolecular Hbond substituents is 1. The Morgan fingerprint density at radius 2 is 2.05 bits per heavy atom. The quantitative estimate of drug-likeness (QED) is 0.726. The number of carbonyl (C=O) groups is 1. The summed E-state index contributed by atoms with van der Waals surface area (Å²) in [6.45, 7) is 5.97. The Labute approximate surface area is 128 Å². The molecule has 5 nitrogen and oxygen atoms in total. The van der Waals surface area contributed by atoms with Crippen LogP contribution in [0.2, 0.25) is 0 Å². The molecule has 1 aromatic carbocycles. The number of benzene rings is 1. The number of aromatic nitrogens is 3. The molecule has 3 aromatic rings. The van der Waals surface area contributed by atoms with Gasteiger partial charge in [0.15, 0.2) is 11.4 Å². The van der Waals surface area contributed by atoms with E-state index in [2.05, 4.69) is 15.2 Å². The minimum Gasteiger partial charge on any atom is -0.507 e. The fraction of sp³-hybridized carbons (Fsp3) is 0.235. The molecular formula is C17H17N3O2. The van der Waals surface area contributed by atoms with Crippen molar-refractivity contribution in [1.82, 2.24) is 15.2 Å². The highest BCUT2D eigenvalue weighted by atomic mass is 16.3. The van der Waals surface area contributed by atoms with Gasteiger partial charge in [-0.05, 0) is 36.6 Å². The summed E-state index contributed by atoms with van der Waals surface area (Å²) in [4.78, 5) is 16.9. The Hall–Kier alpha value is -2.69. The van der Waals surface area contributed by atoms with E-state index in [0.717, 1.165) is 16.6 Å². The second-order valence-electron chi connectivity index (χ2n) is 5.70. The van der Waals surface area contributed by atoms with E-state index in [0.29, 0.717) is 16.8 Å². The molecule has 2 N–H and O–H groups in total. The first-order valence-corrected chi connectivity index (χ1v) is 7.15. The number of aromatic amines is 1. The zero-order valence-electron chi connectivity index (χ0n) is 12.7. The van der Waals surface area contributed by atoms with Crippen molar-refractivity contribution in [2.24, 2.45) is 0 Å². The van der Waals surface area contributed by atoms with Crippen LogP contribution in [0.4, 0.5) is 0 Å². The standard InChI is InChI=1S/C17H17N3O2/c1-9(2)11-4-5-15(21)14(6-11)16(22)12-7-13-10(3)19-20-17(13)18-8-12/h4-9,21H,1-3H3,(H,18,19,20). The molecule has 0 saturated carbocycles. The first kappa shape index (κ1) is 14.3. The van der Waals surface area contributed by atoms with Gasteiger partial charge < -0.3 is 5.11 Å². The van der Waals surface area contributed by atoms with Crippen LogP contribution in [0.3, 0.4) is 0 Å². The summed E-state index contributed by atoms with van der Waals surface area (Å²) < 4.78 is 0. The van der Waals surface area contributed by atoms with Gasteiger partial charge in [0.05, 0.1) is 5.56 Å². The molecule has 3 rings (SSSR count). The number of aromatic hydroxyl groups is 1. The molecule has 0 aliphatic carbocycles. The number of hydrogen-bond donors (Lipinski definition) is 2. The van der Waals surface area contributed by atoms with Crippen LogP contribution < -0.4 is 0 Å². The van der Waals surface area contributed by atoms with Crippen molar-refractivity contribution in [3.63, 3.8) is 0 Å². The van der Waals surface area contributed by atoms with Gasteiger partial charge in [0.1, 0.15) is 5.75 Å². The van der Waals surface area contributed by atoms with Gasteiger partial charge in [-0.25, -0.2) is 4.98 Å². The van der Waals surface area contributed by atoms with Gasteiger partial charge in [-0.3, -0.25) is 9.89 Å². The first-order valence-electron chi connectivity index (χ1n) is 7.15. The Kier molecular flexibility index (Phi) is 3.41. The maximum Gasteiger partial charge on any atom is 0.198 e. The Morgan fingerprint density at radius 1 is 1.27 bits per heavy atom. The molecule has 0 bridgehead atoms. The number of fused-ring (bicyclic) bond motifs is 1. The summed E-state index contributed by atoms with van der Waals surface area (Å²) >= 11 is 0. The van der Waals surface area contributed by atoms with E-state index < -0.39 is 0 Å². The SMILES string of the molecule is Cc1[nH]nc2ncc(C(=O)c3cc(C(C)C)ccc3O)cc12. The lowest BCUT2D eigenvalue weighted by atomic mass is 9.96. The van der Waals surface area contributed by atoms with Gasteiger partial charge >= 0.3 is 0 Å². The number of hydrogen-bond acceptors (Lipinski definition) is 4. The molecule has 112 valence electrons. The molecule has 0 amide bonds. The predicted octanol–water partition coefficient (Wildman–Crippen LogP) is 3.33. The number of rotatable bonds is 3. The molecule has 2 heterocycles. The second kappa shape index (κ2) is 5.26. The molecule has 0 aliphatic rings. The van der Waals surface area contributed by atoms with Crippen molar-refractivity contribution in [2.75, 3.05) is 0 Å². The molecular weight excluding hydrogens is 278 g/mol.